The van der Waals surface area contributed by atoms with Crippen LogP contribution in [0, 0.1) is 35.1 Å². The van der Waals surface area contributed by atoms with E-state index in [9.17, 15) is 17.6 Å². The lowest BCUT2D eigenvalue weighted by molar-refractivity contribution is 0.0116. The van der Waals surface area contributed by atoms with Gasteiger partial charge in [-0.15, -0.1) is 5.92 Å². The molecule has 0 saturated heterocycles. The molecule has 1 aliphatic rings. The van der Waals surface area contributed by atoms with Gasteiger partial charge in [-0.1, -0.05) is 31.0 Å². The summed E-state index contributed by atoms with van der Waals surface area (Å²) in [5.74, 6) is 1.64. The second-order valence-corrected chi connectivity index (χ2v) is 7.36. The van der Waals surface area contributed by atoms with E-state index in [1.165, 1.54) is 6.07 Å². The highest BCUT2D eigenvalue weighted by Gasteiger charge is 2.27. The first-order chi connectivity index (χ1) is 14.0. The minimum absolute atomic E-state index is 0.00451. The number of ether oxygens (including phenoxy) is 1. The predicted molar refractivity (Wildman–Crippen MR) is 104 cm³/mol. The lowest BCUT2D eigenvalue weighted by Crippen LogP contribution is -2.22. The lowest BCUT2D eigenvalue weighted by atomic mass is 9.82. The van der Waals surface area contributed by atoms with Crippen LogP contribution in [-0.2, 0) is 17.8 Å². The van der Waals surface area contributed by atoms with Crippen molar-refractivity contribution in [1.82, 2.24) is 0 Å². The van der Waals surface area contributed by atoms with Gasteiger partial charge in [0.2, 0.25) is 0 Å². The Morgan fingerprint density at radius 2 is 1.52 bits per heavy atom. The normalized spacial score (nSPS) is 19.0. The Bertz CT molecular complexity index is 934. The summed E-state index contributed by atoms with van der Waals surface area (Å²) in [6.07, 6.45) is 2.91. The molecular weight excluding hydrogens is 380 g/mol. The fourth-order valence-corrected chi connectivity index (χ4v) is 3.87. The van der Waals surface area contributed by atoms with E-state index in [1.807, 2.05) is 0 Å². The third-order valence-corrected chi connectivity index (χ3v) is 5.58. The van der Waals surface area contributed by atoms with Gasteiger partial charge in [-0.05, 0) is 62.1 Å². The Morgan fingerprint density at radius 3 is 2.17 bits per heavy atom. The van der Waals surface area contributed by atoms with Gasteiger partial charge >= 0.3 is 0 Å². The van der Waals surface area contributed by atoms with E-state index in [0.717, 1.165) is 0 Å². The third kappa shape index (κ3) is 4.64. The molecule has 0 amide bonds. The zero-order valence-electron chi connectivity index (χ0n) is 16.6. The van der Waals surface area contributed by atoms with Crippen LogP contribution in [0.3, 0.4) is 0 Å². The molecule has 1 saturated carbocycles. The van der Waals surface area contributed by atoms with Crippen LogP contribution in [0.15, 0.2) is 24.3 Å². The van der Waals surface area contributed by atoms with Gasteiger partial charge in [0.1, 0.15) is 0 Å². The van der Waals surface area contributed by atoms with E-state index in [-0.39, 0.29) is 29.8 Å². The summed E-state index contributed by atoms with van der Waals surface area (Å²) >= 11 is 0. The second kappa shape index (κ2) is 9.45. The van der Waals surface area contributed by atoms with Crippen LogP contribution < -0.4 is 0 Å². The zero-order chi connectivity index (χ0) is 21.0. The first-order valence-electron chi connectivity index (χ1n) is 9.94. The number of halogens is 4. The van der Waals surface area contributed by atoms with Gasteiger partial charge in [0.25, 0.3) is 0 Å². The van der Waals surface area contributed by atoms with E-state index < -0.39 is 23.3 Å². The molecular formula is C24H24F4O. The third-order valence-electron chi connectivity index (χ3n) is 5.58. The van der Waals surface area contributed by atoms with E-state index >= 15 is 0 Å². The SMILES string of the molecule is CC#Cc1ccc(C2CCC(OCc3ccc(CC)c(F)c3F)CC2)c(F)c1F. The minimum atomic E-state index is -0.900. The summed E-state index contributed by atoms with van der Waals surface area (Å²) in [4.78, 5) is 0. The van der Waals surface area contributed by atoms with Crippen LogP contribution in [0.4, 0.5) is 17.6 Å². The van der Waals surface area contributed by atoms with Gasteiger partial charge in [0.05, 0.1) is 18.3 Å². The van der Waals surface area contributed by atoms with Crippen molar-refractivity contribution >= 4 is 0 Å². The summed E-state index contributed by atoms with van der Waals surface area (Å²) in [5, 5.41) is 0. The lowest BCUT2D eigenvalue weighted by Gasteiger charge is -2.29. The van der Waals surface area contributed by atoms with Crippen LogP contribution in [0.5, 0.6) is 0 Å². The summed E-state index contributed by atoms with van der Waals surface area (Å²) in [6.45, 7) is 3.34. The van der Waals surface area contributed by atoms with E-state index in [0.29, 0.717) is 43.2 Å². The van der Waals surface area contributed by atoms with Gasteiger partial charge in [-0.2, -0.15) is 0 Å². The maximum Gasteiger partial charge on any atom is 0.174 e. The summed E-state index contributed by atoms with van der Waals surface area (Å²) in [6, 6.07) is 6.27. The Balaban J connectivity index is 1.59. The quantitative estimate of drug-likeness (QED) is 0.413. The molecule has 0 bridgehead atoms. The zero-order valence-corrected chi connectivity index (χ0v) is 16.6. The molecule has 0 spiro atoms. The molecule has 0 aliphatic heterocycles. The first kappa shape index (κ1) is 21.4. The molecule has 0 aromatic heterocycles. The Labute approximate surface area is 169 Å². The largest absolute Gasteiger partial charge is 0.373 e. The van der Waals surface area contributed by atoms with Crippen molar-refractivity contribution in [3.05, 3.63) is 69.8 Å². The molecule has 29 heavy (non-hydrogen) atoms. The molecule has 2 aromatic carbocycles. The maximum atomic E-state index is 14.4. The molecule has 1 aliphatic carbocycles. The number of aryl methyl sites for hydroxylation is 1. The Kier molecular flexibility index (Phi) is 6.97. The number of rotatable bonds is 5. The number of benzene rings is 2. The van der Waals surface area contributed by atoms with Gasteiger partial charge in [0.15, 0.2) is 23.3 Å². The van der Waals surface area contributed by atoms with Crippen molar-refractivity contribution in [3.63, 3.8) is 0 Å². The van der Waals surface area contributed by atoms with Crippen molar-refractivity contribution in [3.8, 4) is 11.8 Å². The number of hydrogen-bond acceptors (Lipinski definition) is 1. The van der Waals surface area contributed by atoms with Crippen molar-refractivity contribution in [2.24, 2.45) is 0 Å². The molecule has 0 unspecified atom stereocenters. The highest BCUT2D eigenvalue weighted by molar-refractivity contribution is 5.39. The van der Waals surface area contributed by atoms with Crippen LogP contribution in [0.1, 0.15) is 67.7 Å². The maximum absolute atomic E-state index is 14.4. The average Bonchev–Trinajstić information content (AvgIpc) is 2.73. The highest BCUT2D eigenvalue weighted by Crippen LogP contribution is 2.36. The van der Waals surface area contributed by atoms with Crippen molar-refractivity contribution < 1.29 is 22.3 Å². The van der Waals surface area contributed by atoms with Crippen LogP contribution in [0.25, 0.3) is 0 Å². The van der Waals surface area contributed by atoms with E-state index in [2.05, 4.69) is 11.8 Å². The monoisotopic (exact) mass is 404 g/mol. The Hall–Kier alpha value is -2.32. The first-order valence-corrected chi connectivity index (χ1v) is 9.94. The van der Waals surface area contributed by atoms with Gasteiger partial charge in [-0.3, -0.25) is 0 Å². The molecule has 0 radical (unpaired) electrons. The molecule has 0 atom stereocenters. The van der Waals surface area contributed by atoms with Gasteiger partial charge in [-0.25, -0.2) is 17.6 Å². The van der Waals surface area contributed by atoms with Crippen molar-refractivity contribution in [2.45, 2.75) is 64.6 Å². The fourth-order valence-electron chi connectivity index (χ4n) is 3.87. The molecule has 0 heterocycles. The number of hydrogen-bond donors (Lipinski definition) is 0. The molecule has 154 valence electrons. The fraction of sp³-hybridized carbons (Fsp3) is 0.417. The predicted octanol–water partition coefficient (Wildman–Crippen LogP) is 6.42. The van der Waals surface area contributed by atoms with Crippen LogP contribution >= 0.6 is 0 Å². The van der Waals surface area contributed by atoms with E-state index in [1.54, 1.807) is 32.0 Å². The molecule has 1 fully saturated rings. The molecule has 0 N–H and O–H groups in total. The molecule has 5 heteroatoms. The van der Waals surface area contributed by atoms with Crippen molar-refractivity contribution in [2.75, 3.05) is 0 Å². The Morgan fingerprint density at radius 1 is 0.862 bits per heavy atom. The minimum Gasteiger partial charge on any atom is -0.373 e. The van der Waals surface area contributed by atoms with E-state index in [4.69, 9.17) is 4.74 Å². The second-order valence-electron chi connectivity index (χ2n) is 7.36. The topological polar surface area (TPSA) is 9.23 Å². The average molecular weight is 404 g/mol. The summed E-state index contributed by atoms with van der Waals surface area (Å²) < 4.78 is 62.4. The molecule has 3 rings (SSSR count). The van der Waals surface area contributed by atoms with Gasteiger partial charge in [0, 0.05) is 5.56 Å². The highest BCUT2D eigenvalue weighted by atomic mass is 19.2. The summed E-state index contributed by atoms with van der Waals surface area (Å²) in [7, 11) is 0. The smallest absolute Gasteiger partial charge is 0.174 e. The van der Waals surface area contributed by atoms with Crippen LogP contribution in [-0.4, -0.2) is 6.10 Å². The molecule has 2 aromatic rings. The summed E-state index contributed by atoms with van der Waals surface area (Å²) in [5.41, 5.74) is 0.972. The van der Waals surface area contributed by atoms with Crippen LogP contribution in [0.2, 0.25) is 0 Å². The standard InChI is InChI=1S/C24H24F4O/c1-3-5-17-10-13-20(24(28)22(17)26)16-8-11-19(12-9-16)29-14-18-7-6-15(4-2)21(25)23(18)27/h6-7,10,13,16,19H,4,8-9,11-12,14H2,1-2H3. The van der Waals surface area contributed by atoms with Gasteiger partial charge < -0.3 is 4.74 Å². The molecule has 1 nitrogen and oxygen atoms in total. The van der Waals surface area contributed by atoms with Crippen molar-refractivity contribution in [1.29, 1.82) is 0 Å².